The van der Waals surface area contributed by atoms with Gasteiger partial charge in [0.2, 0.25) is 0 Å². The van der Waals surface area contributed by atoms with Crippen LogP contribution in [0.15, 0.2) is 18.2 Å². The van der Waals surface area contributed by atoms with Gasteiger partial charge in [-0.15, -0.1) is 0 Å². The molecule has 1 aromatic rings. The van der Waals surface area contributed by atoms with Crippen molar-refractivity contribution in [2.24, 2.45) is 0 Å². The molecule has 0 heterocycles. The van der Waals surface area contributed by atoms with E-state index >= 15 is 0 Å². The Balaban J connectivity index is 2.65. The third-order valence-corrected chi connectivity index (χ3v) is 3.84. The number of halogens is 1. The third-order valence-electron chi connectivity index (χ3n) is 3.51. The van der Waals surface area contributed by atoms with Crippen molar-refractivity contribution in [1.82, 2.24) is 4.90 Å². The molecule has 0 aromatic heterocycles. The van der Waals surface area contributed by atoms with Gasteiger partial charge in [-0.2, -0.15) is 0 Å². The average molecular weight is 311 g/mol. The van der Waals surface area contributed by atoms with E-state index in [2.05, 4.69) is 19.2 Å². The van der Waals surface area contributed by atoms with Gasteiger partial charge >= 0.3 is 0 Å². The average Bonchev–Trinajstić information content (AvgIpc) is 2.45. The molecule has 0 aliphatic carbocycles. The molecule has 1 atom stereocenters. The van der Waals surface area contributed by atoms with Crippen molar-refractivity contribution in [2.45, 2.75) is 52.0 Å². The van der Waals surface area contributed by atoms with E-state index in [9.17, 15) is 4.79 Å². The number of nitrogens with one attached hydrogen (secondary N) is 1. The number of rotatable bonds is 8. The summed E-state index contributed by atoms with van der Waals surface area (Å²) in [7, 11) is 3.50. The normalized spacial score (nSPS) is 12.0. The van der Waals surface area contributed by atoms with Crippen molar-refractivity contribution < 1.29 is 4.79 Å². The van der Waals surface area contributed by atoms with Crippen LogP contribution in [-0.2, 0) is 0 Å². The van der Waals surface area contributed by atoms with Crippen LogP contribution in [0.2, 0.25) is 5.02 Å². The van der Waals surface area contributed by atoms with Crippen molar-refractivity contribution in [3.63, 3.8) is 0 Å². The lowest BCUT2D eigenvalue weighted by Crippen LogP contribution is -2.22. The maximum atomic E-state index is 12.0. The molecule has 1 aromatic carbocycles. The molecule has 21 heavy (non-hydrogen) atoms. The fourth-order valence-corrected chi connectivity index (χ4v) is 2.41. The van der Waals surface area contributed by atoms with E-state index in [0.717, 1.165) is 12.1 Å². The number of hydrogen-bond acceptors (Lipinski definition) is 2. The summed E-state index contributed by atoms with van der Waals surface area (Å²) >= 11 is 6.22. The van der Waals surface area contributed by atoms with Crippen LogP contribution in [0.5, 0.6) is 0 Å². The minimum atomic E-state index is -0.00897. The lowest BCUT2D eigenvalue weighted by atomic mass is 10.1. The molecule has 1 rings (SSSR count). The molecule has 0 aliphatic rings. The van der Waals surface area contributed by atoms with Crippen molar-refractivity contribution in [2.75, 3.05) is 19.4 Å². The molecule has 0 saturated heterocycles. The van der Waals surface area contributed by atoms with Gasteiger partial charge in [0, 0.05) is 25.7 Å². The Kier molecular flexibility index (Phi) is 7.58. The van der Waals surface area contributed by atoms with Gasteiger partial charge in [0.25, 0.3) is 5.91 Å². The van der Waals surface area contributed by atoms with E-state index in [1.54, 1.807) is 31.1 Å². The van der Waals surface area contributed by atoms with Crippen LogP contribution in [0.3, 0.4) is 0 Å². The minimum absolute atomic E-state index is 0.00897. The number of amides is 1. The first-order valence-electron chi connectivity index (χ1n) is 7.73. The molecule has 0 radical (unpaired) electrons. The van der Waals surface area contributed by atoms with Crippen molar-refractivity contribution in [3.8, 4) is 0 Å². The Morgan fingerprint density at radius 2 is 2.00 bits per heavy atom. The van der Waals surface area contributed by atoms with Gasteiger partial charge in [0.05, 0.1) is 10.7 Å². The van der Waals surface area contributed by atoms with Crippen LogP contribution >= 0.6 is 11.6 Å². The predicted molar refractivity (Wildman–Crippen MR) is 91.3 cm³/mol. The summed E-state index contributed by atoms with van der Waals surface area (Å²) in [5.74, 6) is -0.00897. The number of hydrogen-bond donors (Lipinski definition) is 1. The molecule has 3 nitrogen and oxygen atoms in total. The highest BCUT2D eigenvalue weighted by molar-refractivity contribution is 6.33. The van der Waals surface area contributed by atoms with Crippen molar-refractivity contribution in [1.29, 1.82) is 0 Å². The summed E-state index contributed by atoms with van der Waals surface area (Å²) < 4.78 is 0. The largest absolute Gasteiger partial charge is 0.381 e. The lowest BCUT2D eigenvalue weighted by Gasteiger charge is -2.18. The summed E-state index contributed by atoms with van der Waals surface area (Å²) in [5.41, 5.74) is 1.50. The molecule has 0 bridgehead atoms. The van der Waals surface area contributed by atoms with Gasteiger partial charge in [-0.3, -0.25) is 4.79 Å². The molecule has 1 amide bonds. The minimum Gasteiger partial charge on any atom is -0.381 e. The molecular weight excluding hydrogens is 284 g/mol. The number of unbranched alkanes of at least 4 members (excludes halogenated alkanes) is 3. The van der Waals surface area contributed by atoms with Crippen LogP contribution in [0.1, 0.15) is 56.3 Å². The molecular formula is C17H27ClN2O. The maximum Gasteiger partial charge on any atom is 0.253 e. The lowest BCUT2D eigenvalue weighted by molar-refractivity contribution is 0.0827. The monoisotopic (exact) mass is 310 g/mol. The Hall–Kier alpha value is -1.22. The van der Waals surface area contributed by atoms with E-state index in [1.807, 2.05) is 6.07 Å². The molecule has 1 N–H and O–H groups in total. The van der Waals surface area contributed by atoms with E-state index in [-0.39, 0.29) is 5.91 Å². The van der Waals surface area contributed by atoms with Crippen LogP contribution in [0.4, 0.5) is 5.69 Å². The van der Waals surface area contributed by atoms with Crippen LogP contribution in [0, 0.1) is 0 Å². The second-order valence-corrected chi connectivity index (χ2v) is 6.20. The predicted octanol–water partition coefficient (Wildman–Crippen LogP) is 4.81. The Morgan fingerprint density at radius 1 is 1.29 bits per heavy atom. The number of nitrogens with zero attached hydrogens (tertiary/aromatic N) is 1. The van der Waals surface area contributed by atoms with Crippen LogP contribution in [-0.4, -0.2) is 30.9 Å². The quantitative estimate of drug-likeness (QED) is 0.699. The summed E-state index contributed by atoms with van der Waals surface area (Å²) in [6.45, 7) is 4.37. The van der Waals surface area contributed by atoms with Gasteiger partial charge in [-0.25, -0.2) is 0 Å². The molecule has 0 saturated carbocycles. The first-order chi connectivity index (χ1) is 9.95. The van der Waals surface area contributed by atoms with Crippen LogP contribution < -0.4 is 5.32 Å². The first-order valence-corrected chi connectivity index (χ1v) is 8.11. The zero-order chi connectivity index (χ0) is 15.8. The second kappa shape index (κ2) is 8.93. The molecule has 1 unspecified atom stereocenters. The summed E-state index contributed by atoms with van der Waals surface area (Å²) in [4.78, 5) is 13.6. The summed E-state index contributed by atoms with van der Waals surface area (Å²) in [6.07, 6.45) is 6.15. The summed E-state index contributed by atoms with van der Waals surface area (Å²) in [5, 5.41) is 4.08. The first kappa shape index (κ1) is 17.8. The highest BCUT2D eigenvalue weighted by atomic mass is 35.5. The number of carbonyl (C=O) groups excluding carboxylic acids is 1. The van der Waals surface area contributed by atoms with E-state index < -0.39 is 0 Å². The highest BCUT2D eigenvalue weighted by Gasteiger charge is 2.12. The van der Waals surface area contributed by atoms with Gasteiger partial charge in [0.15, 0.2) is 0 Å². The molecule has 0 fully saturated rings. The number of anilines is 1. The molecule has 118 valence electrons. The van der Waals surface area contributed by atoms with E-state index in [4.69, 9.17) is 11.6 Å². The Morgan fingerprint density at radius 3 is 2.62 bits per heavy atom. The Bertz CT molecular complexity index is 460. The van der Waals surface area contributed by atoms with Crippen molar-refractivity contribution in [3.05, 3.63) is 28.8 Å². The van der Waals surface area contributed by atoms with Gasteiger partial charge < -0.3 is 10.2 Å². The standard InChI is InChI=1S/C17H27ClN2O/c1-5-6-7-8-9-13(2)19-16-12-14(10-11-15(16)18)17(21)20(3)4/h10-13,19H,5-9H2,1-4H3. The van der Waals surface area contributed by atoms with Crippen LogP contribution in [0.25, 0.3) is 0 Å². The van der Waals surface area contributed by atoms with Gasteiger partial charge in [-0.05, 0) is 31.5 Å². The highest BCUT2D eigenvalue weighted by Crippen LogP contribution is 2.25. The third kappa shape index (κ3) is 5.96. The van der Waals surface area contributed by atoms with Gasteiger partial charge in [-0.1, -0.05) is 44.2 Å². The zero-order valence-electron chi connectivity index (χ0n) is 13.6. The van der Waals surface area contributed by atoms with E-state index in [1.165, 1.54) is 25.7 Å². The molecule has 0 spiro atoms. The number of carbonyl (C=O) groups is 1. The second-order valence-electron chi connectivity index (χ2n) is 5.79. The van der Waals surface area contributed by atoms with E-state index in [0.29, 0.717) is 16.6 Å². The summed E-state index contributed by atoms with van der Waals surface area (Å²) in [6, 6.07) is 5.74. The Labute approximate surface area is 133 Å². The maximum absolute atomic E-state index is 12.0. The topological polar surface area (TPSA) is 32.3 Å². The molecule has 0 aliphatic heterocycles. The fourth-order valence-electron chi connectivity index (χ4n) is 2.24. The van der Waals surface area contributed by atoms with Gasteiger partial charge in [0.1, 0.15) is 0 Å². The fraction of sp³-hybridized carbons (Fsp3) is 0.588. The molecule has 4 heteroatoms. The number of benzene rings is 1. The van der Waals surface area contributed by atoms with Crippen molar-refractivity contribution >= 4 is 23.2 Å². The smallest absolute Gasteiger partial charge is 0.253 e. The SMILES string of the molecule is CCCCCCC(C)Nc1cc(C(=O)N(C)C)ccc1Cl. The zero-order valence-corrected chi connectivity index (χ0v) is 14.3.